The number of carboxylic acid groups (broad SMARTS) is 1. The third kappa shape index (κ3) is 3.90. The first-order valence-electron chi connectivity index (χ1n) is 11.4. The Bertz CT molecular complexity index is 1160. The molecule has 2 aromatic carbocycles. The van der Waals surface area contributed by atoms with Gasteiger partial charge in [-0.05, 0) is 55.4 Å². The van der Waals surface area contributed by atoms with Crippen LogP contribution in [0.2, 0.25) is 0 Å². The van der Waals surface area contributed by atoms with Crippen LogP contribution in [-0.2, 0) is 12.8 Å². The highest BCUT2D eigenvalue weighted by Gasteiger charge is 2.35. The fourth-order valence-electron chi connectivity index (χ4n) is 4.93. The molecule has 1 fully saturated rings. The molecule has 2 aliphatic rings. The number of nitrogens with one attached hydrogen (secondary N) is 1. The normalized spacial score (nSPS) is 17.5. The first-order valence-corrected chi connectivity index (χ1v) is 12.2. The van der Waals surface area contributed by atoms with E-state index in [1.54, 1.807) is 11.3 Å². The van der Waals surface area contributed by atoms with Crippen LogP contribution in [0.25, 0.3) is 10.4 Å². The van der Waals surface area contributed by atoms with E-state index in [-0.39, 0.29) is 5.41 Å². The third-order valence-electron chi connectivity index (χ3n) is 6.78. The third-order valence-corrected chi connectivity index (χ3v) is 8.11. The van der Waals surface area contributed by atoms with Gasteiger partial charge in [0, 0.05) is 34.9 Å². The van der Waals surface area contributed by atoms with E-state index in [2.05, 4.69) is 73.5 Å². The Hall–Kier alpha value is -2.79. The number of carboxylic acids is 1. The minimum atomic E-state index is -0.799. The van der Waals surface area contributed by atoms with Crippen LogP contribution in [0.1, 0.15) is 46.6 Å². The summed E-state index contributed by atoms with van der Waals surface area (Å²) in [6.45, 7) is 8.40. The molecule has 1 aliphatic heterocycles. The highest BCUT2D eigenvalue weighted by molar-refractivity contribution is 7.16. The van der Waals surface area contributed by atoms with E-state index in [4.69, 9.17) is 0 Å². The maximum Gasteiger partial charge on any atom is 0.337 e. The molecule has 0 bridgehead atoms. The molecule has 3 aromatic rings. The summed E-state index contributed by atoms with van der Waals surface area (Å²) in [7, 11) is 0. The zero-order chi connectivity index (χ0) is 22.5. The summed E-state index contributed by atoms with van der Waals surface area (Å²) >= 11 is 1.69. The van der Waals surface area contributed by atoms with Gasteiger partial charge in [-0.1, -0.05) is 49.7 Å². The van der Waals surface area contributed by atoms with E-state index in [0.29, 0.717) is 11.6 Å². The lowest BCUT2D eigenvalue weighted by Crippen LogP contribution is -2.55. The molecule has 1 aliphatic carbocycles. The number of carbonyl (C=O) groups is 1. The van der Waals surface area contributed by atoms with Crippen molar-refractivity contribution in [3.05, 3.63) is 70.1 Å². The zero-order valence-electron chi connectivity index (χ0n) is 18.9. The molecule has 2 N–H and O–H groups in total. The van der Waals surface area contributed by atoms with Gasteiger partial charge in [-0.2, -0.15) is 0 Å². The van der Waals surface area contributed by atoms with Crippen LogP contribution >= 0.6 is 11.3 Å². The highest BCUT2D eigenvalue weighted by Crippen LogP contribution is 2.47. The van der Waals surface area contributed by atoms with Crippen LogP contribution in [0.3, 0.4) is 0 Å². The molecule has 0 saturated carbocycles. The molecule has 1 aromatic heterocycles. The SMILES string of the molecule is Cc1ccc(NC2CN(c3ccccc3-c3sc4c(c3C(=O)O)CC(C)(C)CC4)C2)cc1. The molecule has 0 spiro atoms. The van der Waals surface area contributed by atoms with Crippen molar-refractivity contribution < 1.29 is 9.90 Å². The van der Waals surface area contributed by atoms with Gasteiger partial charge in [0.1, 0.15) is 0 Å². The number of hydrogen-bond donors (Lipinski definition) is 2. The Morgan fingerprint density at radius 1 is 1.12 bits per heavy atom. The van der Waals surface area contributed by atoms with Crippen molar-refractivity contribution in [3.63, 3.8) is 0 Å². The van der Waals surface area contributed by atoms with Gasteiger partial charge in [-0.3, -0.25) is 0 Å². The Morgan fingerprint density at radius 2 is 1.84 bits per heavy atom. The zero-order valence-corrected chi connectivity index (χ0v) is 19.8. The predicted octanol–water partition coefficient (Wildman–Crippen LogP) is 6.24. The Labute approximate surface area is 193 Å². The van der Waals surface area contributed by atoms with E-state index in [9.17, 15) is 9.90 Å². The van der Waals surface area contributed by atoms with E-state index in [0.717, 1.165) is 59.7 Å². The number of nitrogens with zero attached hydrogens (tertiary/aromatic N) is 1. The van der Waals surface area contributed by atoms with Crippen LogP contribution in [0.5, 0.6) is 0 Å². The van der Waals surface area contributed by atoms with Crippen molar-refractivity contribution in [1.29, 1.82) is 0 Å². The number of aromatic carboxylic acids is 1. The second kappa shape index (κ2) is 7.96. The molecular formula is C27H30N2O2S. The quantitative estimate of drug-likeness (QED) is 0.487. The van der Waals surface area contributed by atoms with Crippen LogP contribution in [-0.4, -0.2) is 30.2 Å². The van der Waals surface area contributed by atoms with Gasteiger partial charge in [0.15, 0.2) is 0 Å². The molecule has 1 saturated heterocycles. The summed E-state index contributed by atoms with van der Waals surface area (Å²) in [4.78, 5) is 16.9. The largest absolute Gasteiger partial charge is 0.478 e. The van der Waals surface area contributed by atoms with E-state index in [1.807, 2.05) is 6.07 Å². The summed E-state index contributed by atoms with van der Waals surface area (Å²) in [6.07, 6.45) is 2.93. The number of para-hydroxylation sites is 1. The van der Waals surface area contributed by atoms with Crippen LogP contribution in [0, 0.1) is 12.3 Å². The Morgan fingerprint density at radius 3 is 2.56 bits per heavy atom. The molecule has 0 unspecified atom stereocenters. The Balaban J connectivity index is 1.42. The average Bonchev–Trinajstić information content (AvgIpc) is 3.09. The molecule has 166 valence electrons. The van der Waals surface area contributed by atoms with Crippen molar-refractivity contribution in [2.75, 3.05) is 23.3 Å². The average molecular weight is 447 g/mol. The second-order valence-electron chi connectivity index (χ2n) is 9.98. The van der Waals surface area contributed by atoms with Crippen molar-refractivity contribution in [1.82, 2.24) is 0 Å². The summed E-state index contributed by atoms with van der Waals surface area (Å²) in [5.41, 5.74) is 6.34. The standard InChI is InChI=1S/C27H30N2O2S/c1-17-8-10-18(11-9-17)28-19-15-29(16-19)22-7-5-4-6-20(22)25-24(26(30)31)21-14-27(2,3)13-12-23(21)32-25/h4-11,19,28H,12-16H2,1-3H3,(H,30,31). The van der Waals surface area contributed by atoms with E-state index in [1.165, 1.54) is 10.4 Å². The maximum absolute atomic E-state index is 12.4. The highest BCUT2D eigenvalue weighted by atomic mass is 32.1. The topological polar surface area (TPSA) is 52.6 Å². The summed E-state index contributed by atoms with van der Waals surface area (Å²) < 4.78 is 0. The molecule has 2 heterocycles. The first kappa shape index (κ1) is 21.1. The number of hydrogen-bond acceptors (Lipinski definition) is 4. The Kier molecular flexibility index (Phi) is 5.25. The number of benzene rings is 2. The van der Waals surface area contributed by atoms with Crippen molar-refractivity contribution >= 4 is 28.7 Å². The molecule has 5 heteroatoms. The number of fused-ring (bicyclic) bond motifs is 1. The number of aryl methyl sites for hydroxylation is 2. The van der Waals surface area contributed by atoms with Crippen LogP contribution in [0.15, 0.2) is 48.5 Å². The minimum absolute atomic E-state index is 0.154. The molecule has 32 heavy (non-hydrogen) atoms. The molecule has 5 rings (SSSR count). The summed E-state index contributed by atoms with van der Waals surface area (Å²) in [5.74, 6) is -0.799. The van der Waals surface area contributed by atoms with Gasteiger partial charge in [-0.15, -0.1) is 11.3 Å². The smallest absolute Gasteiger partial charge is 0.337 e. The number of thiophene rings is 1. The maximum atomic E-state index is 12.4. The van der Waals surface area contributed by atoms with E-state index >= 15 is 0 Å². The lowest BCUT2D eigenvalue weighted by atomic mass is 9.76. The molecule has 0 atom stereocenters. The van der Waals surface area contributed by atoms with Gasteiger partial charge in [0.05, 0.1) is 16.5 Å². The molecule has 0 amide bonds. The monoisotopic (exact) mass is 446 g/mol. The molecule has 0 radical (unpaired) electrons. The lowest BCUT2D eigenvalue weighted by molar-refractivity contribution is 0.0696. The summed E-state index contributed by atoms with van der Waals surface area (Å²) in [5, 5.41) is 13.8. The van der Waals surface area contributed by atoms with E-state index < -0.39 is 5.97 Å². The minimum Gasteiger partial charge on any atom is -0.478 e. The van der Waals surface area contributed by atoms with Gasteiger partial charge >= 0.3 is 5.97 Å². The van der Waals surface area contributed by atoms with Gasteiger partial charge in [0.25, 0.3) is 0 Å². The van der Waals surface area contributed by atoms with Gasteiger partial charge in [-0.25, -0.2) is 4.79 Å². The predicted molar refractivity (Wildman–Crippen MR) is 133 cm³/mol. The molecule has 4 nitrogen and oxygen atoms in total. The van der Waals surface area contributed by atoms with Crippen molar-refractivity contribution in [2.24, 2.45) is 5.41 Å². The van der Waals surface area contributed by atoms with Crippen LogP contribution < -0.4 is 10.2 Å². The van der Waals surface area contributed by atoms with Crippen molar-refractivity contribution in [3.8, 4) is 10.4 Å². The lowest BCUT2D eigenvalue weighted by Gasteiger charge is -2.42. The summed E-state index contributed by atoms with van der Waals surface area (Å²) in [6, 6.07) is 17.2. The second-order valence-corrected chi connectivity index (χ2v) is 11.1. The fourth-order valence-corrected chi connectivity index (χ4v) is 6.27. The van der Waals surface area contributed by atoms with Crippen molar-refractivity contribution in [2.45, 2.75) is 46.1 Å². The number of anilines is 2. The van der Waals surface area contributed by atoms with Crippen LogP contribution in [0.4, 0.5) is 11.4 Å². The molecular weight excluding hydrogens is 416 g/mol. The van der Waals surface area contributed by atoms with Gasteiger partial charge in [0.2, 0.25) is 0 Å². The van der Waals surface area contributed by atoms with Gasteiger partial charge < -0.3 is 15.3 Å². The fraction of sp³-hybridized carbons (Fsp3) is 0.370. The first-order chi connectivity index (χ1) is 15.3. The number of rotatable bonds is 5.